The highest BCUT2D eigenvalue weighted by atomic mass is 32.2. The summed E-state index contributed by atoms with van der Waals surface area (Å²) >= 11 is 3.22. The molecule has 1 aliphatic heterocycles. The van der Waals surface area contributed by atoms with Gasteiger partial charge in [0.25, 0.3) is 0 Å². The molecule has 39 heavy (non-hydrogen) atoms. The molecule has 0 radical (unpaired) electrons. The lowest BCUT2D eigenvalue weighted by atomic mass is 9.99. The number of aromatic nitrogens is 1. The van der Waals surface area contributed by atoms with Gasteiger partial charge in [-0.15, -0.1) is 23.1 Å². The van der Waals surface area contributed by atoms with Gasteiger partial charge in [0.15, 0.2) is 6.61 Å². The van der Waals surface area contributed by atoms with Gasteiger partial charge in [-0.1, -0.05) is 19.1 Å². The number of esters is 1. The van der Waals surface area contributed by atoms with Crippen molar-refractivity contribution in [3.63, 3.8) is 0 Å². The Morgan fingerprint density at radius 1 is 1.15 bits per heavy atom. The van der Waals surface area contributed by atoms with Crippen LogP contribution in [0.15, 0.2) is 47.4 Å². The van der Waals surface area contributed by atoms with Gasteiger partial charge in [-0.25, -0.2) is 9.78 Å². The molecule has 0 saturated carbocycles. The molecule has 0 spiro atoms. The number of rotatable bonds is 10. The lowest BCUT2D eigenvalue weighted by Gasteiger charge is -2.29. The Kier molecular flexibility index (Phi) is 9.96. The molecule has 0 unspecified atom stereocenters. The number of carbonyl (C=O) groups is 1. The van der Waals surface area contributed by atoms with Crippen molar-refractivity contribution in [3.8, 4) is 16.3 Å². The summed E-state index contributed by atoms with van der Waals surface area (Å²) in [5, 5.41) is 0.735. The van der Waals surface area contributed by atoms with Crippen LogP contribution in [0.5, 0.6) is 5.75 Å². The van der Waals surface area contributed by atoms with Crippen LogP contribution in [-0.4, -0.2) is 42.2 Å². The molecule has 1 aromatic heterocycles. The number of benzene rings is 2. The number of nitrogens with zero attached hydrogens (tertiary/aromatic N) is 2. The second-order valence-electron chi connectivity index (χ2n) is 9.73. The number of hydrogen-bond donors (Lipinski definition) is 0. The van der Waals surface area contributed by atoms with E-state index in [1.807, 2.05) is 25.1 Å². The molecule has 3 aromatic rings. The molecule has 1 fully saturated rings. The first-order valence-electron chi connectivity index (χ1n) is 13.0. The Labute approximate surface area is 235 Å². The van der Waals surface area contributed by atoms with Crippen LogP contribution < -0.4 is 4.74 Å². The van der Waals surface area contributed by atoms with Crippen LogP contribution in [0.2, 0.25) is 0 Å². The van der Waals surface area contributed by atoms with Crippen LogP contribution in [-0.2, 0) is 28.0 Å². The predicted octanol–water partition coefficient (Wildman–Crippen LogP) is 7.60. The van der Waals surface area contributed by atoms with Crippen molar-refractivity contribution in [2.24, 2.45) is 5.92 Å². The van der Waals surface area contributed by atoms with Crippen molar-refractivity contribution in [2.45, 2.75) is 57.0 Å². The Balaban J connectivity index is 1.49. The normalized spacial score (nSPS) is 14.9. The zero-order valence-corrected chi connectivity index (χ0v) is 24.0. The quantitative estimate of drug-likeness (QED) is 0.182. The molecule has 0 amide bonds. The number of ether oxygens (including phenoxy) is 2. The third-order valence-electron chi connectivity index (χ3n) is 6.65. The summed E-state index contributed by atoms with van der Waals surface area (Å²) in [5.74, 6) is 1.65. The van der Waals surface area contributed by atoms with Gasteiger partial charge in [-0.3, -0.25) is 4.90 Å². The summed E-state index contributed by atoms with van der Waals surface area (Å²) in [5.41, 5.74) is 1.94. The standard InChI is InChI=1S/C29H33F3N2O3S2/c1-4-36-27(35)17-37-25-10-9-23(15-20(25)3)38-18-26-24(16-34-13-11-19(2)12-14-34)33-28(39-26)21-5-7-22(8-6-21)29(30,31)32/h5-10,15,19H,4,11-14,16-18H2,1-3H3. The maximum Gasteiger partial charge on any atom is 0.416 e. The minimum atomic E-state index is -4.36. The van der Waals surface area contributed by atoms with Crippen molar-refractivity contribution < 1.29 is 27.4 Å². The zero-order valence-electron chi connectivity index (χ0n) is 22.3. The fourth-order valence-electron chi connectivity index (χ4n) is 4.34. The van der Waals surface area contributed by atoms with Crippen LogP contribution in [0, 0.1) is 12.8 Å². The Morgan fingerprint density at radius 3 is 2.51 bits per heavy atom. The minimum Gasteiger partial charge on any atom is -0.482 e. The van der Waals surface area contributed by atoms with E-state index in [9.17, 15) is 18.0 Å². The fraction of sp³-hybridized carbons (Fsp3) is 0.448. The first-order valence-corrected chi connectivity index (χ1v) is 14.8. The van der Waals surface area contributed by atoms with Gasteiger partial charge in [0.2, 0.25) is 0 Å². The number of aryl methyl sites for hydroxylation is 1. The van der Waals surface area contributed by atoms with Gasteiger partial charge in [-0.05, 0) is 81.6 Å². The molecule has 2 heterocycles. The van der Waals surface area contributed by atoms with E-state index in [1.54, 1.807) is 30.0 Å². The molecule has 0 N–H and O–H groups in total. The Hall–Kier alpha value is -2.56. The molecular weight excluding hydrogens is 545 g/mol. The van der Waals surface area contributed by atoms with Crippen LogP contribution in [0.1, 0.15) is 48.4 Å². The van der Waals surface area contributed by atoms with E-state index in [0.29, 0.717) is 23.7 Å². The molecule has 10 heteroatoms. The molecule has 0 atom stereocenters. The highest BCUT2D eigenvalue weighted by molar-refractivity contribution is 7.98. The maximum atomic E-state index is 13.1. The van der Waals surface area contributed by atoms with Crippen molar-refractivity contribution in [1.82, 2.24) is 9.88 Å². The smallest absolute Gasteiger partial charge is 0.416 e. The lowest BCUT2D eigenvalue weighted by Crippen LogP contribution is -2.32. The zero-order chi connectivity index (χ0) is 28.0. The highest BCUT2D eigenvalue weighted by Gasteiger charge is 2.30. The van der Waals surface area contributed by atoms with Crippen LogP contribution in [0.3, 0.4) is 0 Å². The minimum absolute atomic E-state index is 0.132. The predicted molar refractivity (Wildman–Crippen MR) is 149 cm³/mol. The molecule has 4 rings (SSSR count). The highest BCUT2D eigenvalue weighted by Crippen LogP contribution is 2.36. The largest absolute Gasteiger partial charge is 0.482 e. The van der Waals surface area contributed by atoms with E-state index in [-0.39, 0.29) is 6.61 Å². The van der Waals surface area contributed by atoms with E-state index < -0.39 is 17.7 Å². The average molecular weight is 579 g/mol. The van der Waals surface area contributed by atoms with E-state index >= 15 is 0 Å². The SMILES string of the molecule is CCOC(=O)COc1ccc(SCc2sc(-c3ccc(C(F)(F)F)cc3)nc2CN2CCC(C)CC2)cc1C. The number of likely N-dealkylation sites (tertiary alicyclic amines) is 1. The van der Waals surface area contributed by atoms with Gasteiger partial charge < -0.3 is 9.47 Å². The molecule has 2 aromatic carbocycles. The number of thiazole rings is 1. The lowest BCUT2D eigenvalue weighted by molar-refractivity contribution is -0.145. The number of hydrogen-bond acceptors (Lipinski definition) is 7. The summed E-state index contributed by atoms with van der Waals surface area (Å²) in [6, 6.07) is 11.1. The number of carbonyl (C=O) groups excluding carboxylic acids is 1. The molecule has 210 valence electrons. The van der Waals surface area contributed by atoms with E-state index in [1.165, 1.54) is 12.1 Å². The van der Waals surface area contributed by atoms with Crippen molar-refractivity contribution in [1.29, 1.82) is 0 Å². The molecule has 1 saturated heterocycles. The van der Waals surface area contributed by atoms with Crippen LogP contribution in [0.25, 0.3) is 10.6 Å². The molecule has 0 aliphatic carbocycles. The average Bonchev–Trinajstić information content (AvgIpc) is 3.30. The molecule has 1 aliphatic rings. The summed E-state index contributed by atoms with van der Waals surface area (Å²) in [6.07, 6.45) is -2.05. The van der Waals surface area contributed by atoms with E-state index in [0.717, 1.165) is 76.6 Å². The first-order chi connectivity index (χ1) is 18.6. The first kappa shape index (κ1) is 29.4. The second-order valence-corrected chi connectivity index (χ2v) is 11.9. The van der Waals surface area contributed by atoms with Crippen LogP contribution in [0.4, 0.5) is 13.2 Å². The number of alkyl halides is 3. The van der Waals surface area contributed by atoms with Crippen molar-refractivity contribution >= 4 is 29.1 Å². The fourth-order valence-corrected chi connectivity index (χ4v) is 6.51. The number of halogens is 3. The summed E-state index contributed by atoms with van der Waals surface area (Å²) in [4.78, 5) is 21.1. The van der Waals surface area contributed by atoms with Crippen molar-refractivity contribution in [2.75, 3.05) is 26.3 Å². The third-order valence-corrected chi connectivity index (χ3v) is 9.00. The molecule has 0 bridgehead atoms. The Bertz CT molecular complexity index is 1250. The van der Waals surface area contributed by atoms with Crippen LogP contribution >= 0.6 is 23.1 Å². The topological polar surface area (TPSA) is 51.7 Å². The van der Waals surface area contributed by atoms with E-state index in [4.69, 9.17) is 14.5 Å². The third kappa shape index (κ3) is 8.22. The van der Waals surface area contributed by atoms with Crippen molar-refractivity contribution in [3.05, 3.63) is 64.2 Å². The van der Waals surface area contributed by atoms with Gasteiger partial charge in [0.1, 0.15) is 10.8 Å². The number of piperidine rings is 1. The van der Waals surface area contributed by atoms with Gasteiger partial charge in [0.05, 0.1) is 17.9 Å². The van der Waals surface area contributed by atoms with E-state index in [2.05, 4.69) is 11.8 Å². The second kappa shape index (κ2) is 13.2. The monoisotopic (exact) mass is 578 g/mol. The maximum absolute atomic E-state index is 13.1. The van der Waals surface area contributed by atoms with Gasteiger partial charge in [-0.2, -0.15) is 13.2 Å². The molecule has 5 nitrogen and oxygen atoms in total. The van der Waals surface area contributed by atoms with Gasteiger partial charge >= 0.3 is 12.1 Å². The number of thioether (sulfide) groups is 1. The molecular formula is C29H33F3N2O3S2. The summed E-state index contributed by atoms with van der Waals surface area (Å²) < 4.78 is 49.7. The van der Waals surface area contributed by atoms with Gasteiger partial charge in [0, 0.05) is 27.6 Å². The summed E-state index contributed by atoms with van der Waals surface area (Å²) in [6.45, 7) is 8.92. The Morgan fingerprint density at radius 2 is 1.87 bits per heavy atom. The summed E-state index contributed by atoms with van der Waals surface area (Å²) in [7, 11) is 0.